The molecule has 4 heteroatoms. The minimum atomic E-state index is -0.610. The lowest BCUT2D eigenvalue weighted by Gasteiger charge is -2.04. The molecule has 0 aliphatic rings. The maximum absolute atomic E-state index is 10.7. The molecule has 0 rings (SSSR count). The highest BCUT2D eigenvalue weighted by Crippen LogP contribution is 1.95. The molecular weight excluding hydrogens is 144 g/mol. The Labute approximate surface area is 65.7 Å². The van der Waals surface area contributed by atoms with Crippen molar-refractivity contribution in [2.45, 2.75) is 0 Å². The first-order valence-electron chi connectivity index (χ1n) is 2.98. The van der Waals surface area contributed by atoms with Crippen molar-refractivity contribution in [2.24, 2.45) is 0 Å². The lowest BCUT2D eigenvalue weighted by molar-refractivity contribution is -0.135. The Kier molecular flexibility index (Phi) is 3.75. The van der Waals surface area contributed by atoms with E-state index in [-0.39, 0.29) is 5.57 Å². The molecule has 0 aromatic carbocycles. The minimum absolute atomic E-state index is 0.00231. The molecule has 0 saturated carbocycles. The van der Waals surface area contributed by atoms with Crippen LogP contribution in [-0.2, 0) is 9.53 Å². The van der Waals surface area contributed by atoms with E-state index in [1.165, 1.54) is 13.3 Å². The standard InChI is InChI=1S/C7H10N2O2/c1-9(2)5-6(4-8)7(10)11-3/h5H,1-3H3/b6-5+. The van der Waals surface area contributed by atoms with Crippen molar-refractivity contribution in [1.82, 2.24) is 4.90 Å². The molecule has 0 atom stereocenters. The molecule has 4 nitrogen and oxygen atoms in total. The fraction of sp³-hybridized carbons (Fsp3) is 0.429. The summed E-state index contributed by atoms with van der Waals surface area (Å²) in [7, 11) is 4.68. The number of hydrogen-bond donors (Lipinski definition) is 0. The van der Waals surface area contributed by atoms with Gasteiger partial charge in [0, 0.05) is 20.3 Å². The minimum Gasteiger partial charge on any atom is -0.465 e. The summed E-state index contributed by atoms with van der Waals surface area (Å²) in [6.45, 7) is 0. The zero-order valence-electron chi connectivity index (χ0n) is 6.79. The average Bonchev–Trinajstić information content (AvgIpc) is 1.98. The maximum Gasteiger partial charge on any atom is 0.350 e. The number of carbonyl (C=O) groups excluding carboxylic acids is 1. The van der Waals surface area contributed by atoms with Crippen LogP contribution in [0.4, 0.5) is 0 Å². The Hall–Kier alpha value is -1.50. The first-order chi connectivity index (χ1) is 5.11. The number of methoxy groups -OCH3 is 1. The van der Waals surface area contributed by atoms with E-state index < -0.39 is 5.97 Å². The van der Waals surface area contributed by atoms with Gasteiger partial charge >= 0.3 is 5.97 Å². The van der Waals surface area contributed by atoms with Gasteiger partial charge in [-0.2, -0.15) is 5.26 Å². The first kappa shape index (κ1) is 9.50. The molecule has 0 amide bonds. The first-order valence-corrected chi connectivity index (χ1v) is 2.98. The molecule has 0 aliphatic carbocycles. The van der Waals surface area contributed by atoms with E-state index in [0.717, 1.165) is 0 Å². The molecule has 0 saturated heterocycles. The van der Waals surface area contributed by atoms with Crippen LogP contribution in [0, 0.1) is 11.3 Å². The van der Waals surface area contributed by atoms with E-state index in [1.807, 2.05) is 0 Å². The van der Waals surface area contributed by atoms with Gasteiger partial charge in [-0.25, -0.2) is 4.79 Å². The van der Waals surface area contributed by atoms with Crippen molar-refractivity contribution in [1.29, 1.82) is 5.26 Å². The van der Waals surface area contributed by atoms with E-state index >= 15 is 0 Å². The third-order valence-electron chi connectivity index (χ3n) is 0.913. The Bertz CT molecular complexity index is 213. The third kappa shape index (κ3) is 3.26. The van der Waals surface area contributed by atoms with Crippen LogP contribution < -0.4 is 0 Å². The zero-order chi connectivity index (χ0) is 8.85. The monoisotopic (exact) mass is 154 g/mol. The number of ether oxygens (including phenoxy) is 1. The van der Waals surface area contributed by atoms with Crippen LogP contribution in [-0.4, -0.2) is 32.1 Å². The fourth-order valence-electron chi connectivity index (χ4n) is 0.495. The molecular formula is C7H10N2O2. The second kappa shape index (κ2) is 4.34. The van der Waals surface area contributed by atoms with Gasteiger partial charge in [0.2, 0.25) is 0 Å². The summed E-state index contributed by atoms with van der Waals surface area (Å²) in [6, 6.07) is 1.73. The third-order valence-corrected chi connectivity index (χ3v) is 0.913. The maximum atomic E-state index is 10.7. The van der Waals surface area contributed by atoms with Gasteiger partial charge in [-0.3, -0.25) is 0 Å². The number of rotatable bonds is 2. The summed E-state index contributed by atoms with van der Waals surface area (Å²) in [5.41, 5.74) is -0.00231. The summed E-state index contributed by atoms with van der Waals surface area (Å²) >= 11 is 0. The second-order valence-corrected chi connectivity index (χ2v) is 2.11. The molecule has 0 unspecified atom stereocenters. The molecule has 11 heavy (non-hydrogen) atoms. The van der Waals surface area contributed by atoms with Gasteiger partial charge in [0.1, 0.15) is 6.07 Å². The number of nitrogens with zero attached hydrogens (tertiary/aromatic N) is 2. The van der Waals surface area contributed by atoms with Crippen molar-refractivity contribution < 1.29 is 9.53 Å². The summed E-state index contributed by atoms with van der Waals surface area (Å²) in [5.74, 6) is -0.610. The predicted octanol–water partition coefficient (Wildman–Crippen LogP) is 0.128. The average molecular weight is 154 g/mol. The topological polar surface area (TPSA) is 53.3 Å². The highest BCUT2D eigenvalue weighted by atomic mass is 16.5. The number of esters is 1. The van der Waals surface area contributed by atoms with Crippen molar-refractivity contribution in [2.75, 3.05) is 21.2 Å². The highest BCUT2D eigenvalue weighted by molar-refractivity contribution is 5.92. The van der Waals surface area contributed by atoms with E-state index in [1.54, 1.807) is 25.1 Å². The van der Waals surface area contributed by atoms with Crippen LogP contribution in [0.1, 0.15) is 0 Å². The van der Waals surface area contributed by atoms with E-state index in [4.69, 9.17) is 5.26 Å². The molecule has 0 aromatic heterocycles. The van der Waals surface area contributed by atoms with Crippen LogP contribution in [0.3, 0.4) is 0 Å². The molecule has 0 heterocycles. The van der Waals surface area contributed by atoms with Gasteiger partial charge in [-0.1, -0.05) is 0 Å². The quantitative estimate of drug-likeness (QED) is 0.322. The van der Waals surface area contributed by atoms with E-state index in [9.17, 15) is 4.79 Å². The van der Waals surface area contributed by atoms with Crippen molar-refractivity contribution in [3.8, 4) is 6.07 Å². The molecule has 0 aliphatic heterocycles. The second-order valence-electron chi connectivity index (χ2n) is 2.11. The Morgan fingerprint density at radius 3 is 2.45 bits per heavy atom. The van der Waals surface area contributed by atoms with E-state index in [0.29, 0.717) is 0 Å². The van der Waals surface area contributed by atoms with Gasteiger partial charge in [0.15, 0.2) is 5.57 Å². The smallest absolute Gasteiger partial charge is 0.350 e. The van der Waals surface area contributed by atoms with Crippen molar-refractivity contribution >= 4 is 5.97 Å². The number of nitriles is 1. The van der Waals surface area contributed by atoms with Crippen LogP contribution in [0.25, 0.3) is 0 Å². The van der Waals surface area contributed by atoms with E-state index in [2.05, 4.69) is 4.74 Å². The highest BCUT2D eigenvalue weighted by Gasteiger charge is 2.07. The van der Waals surface area contributed by atoms with Gasteiger partial charge in [-0.05, 0) is 0 Å². The van der Waals surface area contributed by atoms with Crippen LogP contribution in [0.5, 0.6) is 0 Å². The molecule has 60 valence electrons. The van der Waals surface area contributed by atoms with Crippen LogP contribution >= 0.6 is 0 Å². The van der Waals surface area contributed by atoms with Crippen molar-refractivity contribution in [3.63, 3.8) is 0 Å². The van der Waals surface area contributed by atoms with Gasteiger partial charge in [-0.15, -0.1) is 0 Å². The Morgan fingerprint density at radius 2 is 2.18 bits per heavy atom. The summed E-state index contributed by atoms with van der Waals surface area (Å²) in [4.78, 5) is 12.3. The lowest BCUT2D eigenvalue weighted by atomic mass is 10.3. The normalized spacial score (nSPS) is 10.2. The Morgan fingerprint density at radius 1 is 1.64 bits per heavy atom. The summed E-state index contributed by atoms with van der Waals surface area (Å²) in [5, 5.41) is 8.43. The molecule has 0 bridgehead atoms. The largest absolute Gasteiger partial charge is 0.465 e. The summed E-state index contributed by atoms with van der Waals surface area (Å²) < 4.78 is 4.35. The molecule has 0 fully saturated rings. The number of hydrogen-bond acceptors (Lipinski definition) is 4. The van der Waals surface area contributed by atoms with Crippen molar-refractivity contribution in [3.05, 3.63) is 11.8 Å². The molecule has 0 spiro atoms. The zero-order valence-corrected chi connectivity index (χ0v) is 6.79. The van der Waals surface area contributed by atoms with Crippen LogP contribution in [0.15, 0.2) is 11.8 Å². The SMILES string of the molecule is COC(=O)/C(C#N)=C/N(C)C. The van der Waals surface area contributed by atoms with Crippen LogP contribution in [0.2, 0.25) is 0 Å². The Balaban J connectivity index is 4.43. The molecule has 0 aromatic rings. The van der Waals surface area contributed by atoms with Gasteiger partial charge in [0.25, 0.3) is 0 Å². The number of carbonyl (C=O) groups is 1. The lowest BCUT2D eigenvalue weighted by Crippen LogP contribution is -2.09. The summed E-state index contributed by atoms with van der Waals surface area (Å²) in [6.07, 6.45) is 1.41. The predicted molar refractivity (Wildman–Crippen MR) is 39.4 cm³/mol. The van der Waals surface area contributed by atoms with Gasteiger partial charge in [0.05, 0.1) is 7.11 Å². The molecule has 0 radical (unpaired) electrons. The fourth-order valence-corrected chi connectivity index (χ4v) is 0.495. The van der Waals surface area contributed by atoms with Gasteiger partial charge < -0.3 is 9.64 Å². The molecule has 0 N–H and O–H groups in total.